The lowest BCUT2D eigenvalue weighted by Crippen LogP contribution is -2.12. The minimum Gasteiger partial charge on any atom is -0.388 e. The highest BCUT2D eigenvalue weighted by molar-refractivity contribution is 5.21. The van der Waals surface area contributed by atoms with Crippen molar-refractivity contribution < 1.29 is 18.6 Å². The van der Waals surface area contributed by atoms with E-state index in [1.165, 1.54) is 6.07 Å². The summed E-state index contributed by atoms with van der Waals surface area (Å²) < 4.78 is 32.8. The van der Waals surface area contributed by atoms with Crippen LogP contribution in [0.15, 0.2) is 18.2 Å². The molecular formula is C13H15F2N3O2. The Morgan fingerprint density at radius 1 is 1.20 bits per heavy atom. The van der Waals surface area contributed by atoms with Gasteiger partial charge < -0.3 is 14.4 Å². The van der Waals surface area contributed by atoms with Crippen molar-refractivity contribution in [2.45, 2.75) is 19.6 Å². The van der Waals surface area contributed by atoms with Gasteiger partial charge in [0.05, 0.1) is 6.61 Å². The molecule has 1 heterocycles. The highest BCUT2D eigenvalue weighted by Crippen LogP contribution is 2.13. The molecule has 0 bridgehead atoms. The van der Waals surface area contributed by atoms with E-state index in [0.717, 1.165) is 12.1 Å². The number of aromatic nitrogens is 3. The highest BCUT2D eigenvalue weighted by atomic mass is 19.2. The van der Waals surface area contributed by atoms with Gasteiger partial charge in [0, 0.05) is 20.1 Å². The van der Waals surface area contributed by atoms with Gasteiger partial charge in [0.15, 0.2) is 17.5 Å². The molecule has 5 nitrogen and oxygen atoms in total. The van der Waals surface area contributed by atoms with Crippen LogP contribution in [0.4, 0.5) is 8.78 Å². The first-order valence-electron chi connectivity index (χ1n) is 6.10. The van der Waals surface area contributed by atoms with Gasteiger partial charge in [0.1, 0.15) is 12.4 Å². The Hall–Kier alpha value is -1.86. The van der Waals surface area contributed by atoms with E-state index in [0.29, 0.717) is 36.8 Å². The van der Waals surface area contributed by atoms with Gasteiger partial charge in [-0.15, -0.1) is 10.2 Å². The van der Waals surface area contributed by atoms with E-state index in [-0.39, 0.29) is 6.61 Å². The van der Waals surface area contributed by atoms with Crippen LogP contribution in [0.25, 0.3) is 0 Å². The zero-order valence-corrected chi connectivity index (χ0v) is 11.0. The van der Waals surface area contributed by atoms with Crippen molar-refractivity contribution >= 4 is 0 Å². The second-order valence-electron chi connectivity index (χ2n) is 4.26. The van der Waals surface area contributed by atoms with E-state index in [1.807, 2.05) is 0 Å². The molecule has 0 saturated carbocycles. The van der Waals surface area contributed by atoms with Gasteiger partial charge in [0.2, 0.25) is 0 Å². The first-order valence-corrected chi connectivity index (χ1v) is 6.10. The van der Waals surface area contributed by atoms with Crippen LogP contribution in [0.3, 0.4) is 0 Å². The maximum Gasteiger partial charge on any atom is 0.159 e. The first kappa shape index (κ1) is 14.5. The van der Waals surface area contributed by atoms with Gasteiger partial charge >= 0.3 is 0 Å². The third-order valence-corrected chi connectivity index (χ3v) is 2.91. The summed E-state index contributed by atoms with van der Waals surface area (Å²) in [7, 11) is 1.57. The summed E-state index contributed by atoms with van der Waals surface area (Å²) in [4.78, 5) is 0. The van der Waals surface area contributed by atoms with Crippen LogP contribution in [-0.4, -0.2) is 33.6 Å². The fourth-order valence-electron chi connectivity index (χ4n) is 1.89. The van der Waals surface area contributed by atoms with Crippen molar-refractivity contribution in [3.05, 3.63) is 47.0 Å². The number of methoxy groups -OCH3 is 1. The molecule has 7 heteroatoms. The molecule has 0 atom stereocenters. The summed E-state index contributed by atoms with van der Waals surface area (Å²) in [6.07, 6.45) is 0.300. The Morgan fingerprint density at radius 3 is 2.60 bits per heavy atom. The molecule has 0 unspecified atom stereocenters. The van der Waals surface area contributed by atoms with Crippen molar-refractivity contribution in [3.8, 4) is 0 Å². The number of aliphatic hydroxyl groups is 1. The van der Waals surface area contributed by atoms with Crippen LogP contribution in [0, 0.1) is 11.6 Å². The van der Waals surface area contributed by atoms with Crippen LogP contribution in [0.5, 0.6) is 0 Å². The zero-order chi connectivity index (χ0) is 14.5. The summed E-state index contributed by atoms with van der Waals surface area (Å²) in [5, 5.41) is 17.0. The summed E-state index contributed by atoms with van der Waals surface area (Å²) in [5.41, 5.74) is 0.583. The molecule has 0 spiro atoms. The number of nitrogens with zero attached hydrogens (tertiary/aromatic N) is 3. The number of hydrogen-bond donors (Lipinski definition) is 1. The van der Waals surface area contributed by atoms with Crippen molar-refractivity contribution in [2.75, 3.05) is 13.7 Å². The minimum absolute atomic E-state index is 0.242. The Labute approximate surface area is 114 Å². The zero-order valence-electron chi connectivity index (χ0n) is 11.0. The Balaban J connectivity index is 2.23. The SMILES string of the molecule is COCCn1c(CO)nnc1Cc1ccc(F)c(F)c1. The van der Waals surface area contributed by atoms with E-state index >= 15 is 0 Å². The quantitative estimate of drug-likeness (QED) is 0.867. The molecule has 0 amide bonds. The fourth-order valence-corrected chi connectivity index (χ4v) is 1.89. The monoisotopic (exact) mass is 283 g/mol. The fraction of sp³-hybridized carbons (Fsp3) is 0.385. The van der Waals surface area contributed by atoms with Gasteiger partial charge in [0.25, 0.3) is 0 Å². The van der Waals surface area contributed by atoms with Crippen molar-refractivity contribution in [3.63, 3.8) is 0 Å². The van der Waals surface area contributed by atoms with Crippen LogP contribution in [0.2, 0.25) is 0 Å². The summed E-state index contributed by atoms with van der Waals surface area (Å²) >= 11 is 0. The van der Waals surface area contributed by atoms with Gasteiger partial charge in [-0.25, -0.2) is 8.78 Å². The predicted molar refractivity (Wildman–Crippen MR) is 67.0 cm³/mol. The maximum atomic E-state index is 13.2. The molecule has 0 radical (unpaired) electrons. The minimum atomic E-state index is -0.896. The molecule has 2 rings (SSSR count). The number of hydrogen-bond acceptors (Lipinski definition) is 4. The van der Waals surface area contributed by atoms with Crippen LogP contribution < -0.4 is 0 Å². The van der Waals surface area contributed by atoms with Crippen LogP contribution in [-0.2, 0) is 24.3 Å². The summed E-state index contributed by atoms with van der Waals surface area (Å²) in [6.45, 7) is 0.683. The lowest BCUT2D eigenvalue weighted by Gasteiger charge is -2.09. The average Bonchev–Trinajstić information content (AvgIpc) is 2.82. The molecule has 20 heavy (non-hydrogen) atoms. The summed E-state index contributed by atoms with van der Waals surface area (Å²) in [5.74, 6) is -0.796. The second-order valence-corrected chi connectivity index (χ2v) is 4.26. The molecule has 2 aromatic rings. The third-order valence-electron chi connectivity index (χ3n) is 2.91. The highest BCUT2D eigenvalue weighted by Gasteiger charge is 2.12. The van der Waals surface area contributed by atoms with E-state index < -0.39 is 11.6 Å². The van der Waals surface area contributed by atoms with E-state index in [9.17, 15) is 13.9 Å². The number of aliphatic hydroxyl groups excluding tert-OH is 1. The standard InChI is InChI=1S/C13H15F2N3O2/c1-20-5-4-18-12(16-17-13(18)8-19)7-9-2-3-10(14)11(15)6-9/h2-3,6,19H,4-5,7-8H2,1H3. The second kappa shape index (κ2) is 6.53. The van der Waals surface area contributed by atoms with Gasteiger partial charge in [-0.1, -0.05) is 6.07 Å². The number of ether oxygens (including phenoxy) is 1. The van der Waals surface area contributed by atoms with Crippen LogP contribution >= 0.6 is 0 Å². The number of rotatable bonds is 6. The Kier molecular flexibility index (Phi) is 4.75. The molecular weight excluding hydrogens is 268 g/mol. The molecule has 0 fully saturated rings. The molecule has 0 aliphatic carbocycles. The predicted octanol–water partition coefficient (Wildman–Crippen LogP) is 1.29. The van der Waals surface area contributed by atoms with Crippen molar-refractivity contribution in [2.24, 2.45) is 0 Å². The van der Waals surface area contributed by atoms with E-state index in [2.05, 4.69) is 10.2 Å². The van der Waals surface area contributed by atoms with Crippen molar-refractivity contribution in [1.29, 1.82) is 0 Å². The smallest absolute Gasteiger partial charge is 0.159 e. The van der Waals surface area contributed by atoms with Gasteiger partial charge in [-0.3, -0.25) is 0 Å². The topological polar surface area (TPSA) is 60.2 Å². The molecule has 0 saturated heterocycles. The number of benzene rings is 1. The molecule has 1 aromatic heterocycles. The maximum absolute atomic E-state index is 13.2. The summed E-state index contributed by atoms with van der Waals surface area (Å²) in [6, 6.07) is 3.70. The van der Waals surface area contributed by atoms with E-state index in [1.54, 1.807) is 11.7 Å². The number of halogens is 2. The molecule has 1 N–H and O–H groups in total. The van der Waals surface area contributed by atoms with E-state index in [4.69, 9.17) is 4.74 Å². The molecule has 0 aliphatic rings. The molecule has 0 aliphatic heterocycles. The molecule has 108 valence electrons. The van der Waals surface area contributed by atoms with Gasteiger partial charge in [-0.05, 0) is 17.7 Å². The lowest BCUT2D eigenvalue weighted by molar-refractivity contribution is 0.181. The average molecular weight is 283 g/mol. The Bertz CT molecular complexity index is 587. The van der Waals surface area contributed by atoms with Crippen LogP contribution in [0.1, 0.15) is 17.2 Å². The largest absolute Gasteiger partial charge is 0.388 e. The third kappa shape index (κ3) is 3.17. The Morgan fingerprint density at radius 2 is 1.95 bits per heavy atom. The first-order chi connectivity index (χ1) is 9.65. The lowest BCUT2D eigenvalue weighted by atomic mass is 10.1. The van der Waals surface area contributed by atoms with Crippen molar-refractivity contribution in [1.82, 2.24) is 14.8 Å². The normalized spacial score (nSPS) is 11.0. The molecule has 1 aromatic carbocycles. The van der Waals surface area contributed by atoms with Gasteiger partial charge in [-0.2, -0.15) is 0 Å².